The van der Waals surface area contributed by atoms with Crippen molar-refractivity contribution in [3.05, 3.63) is 65.7 Å². The summed E-state index contributed by atoms with van der Waals surface area (Å²) in [6.45, 7) is 9.45. The largest absolute Gasteiger partial charge is 0.497 e. The summed E-state index contributed by atoms with van der Waals surface area (Å²) in [5.74, 6) is 0.101. The van der Waals surface area contributed by atoms with E-state index < -0.39 is 13.4 Å². The lowest BCUT2D eigenvalue weighted by Crippen LogP contribution is -2.23. The average Bonchev–Trinajstić information content (AvgIpc) is 2.65. The molecule has 0 amide bonds. The molecule has 0 aromatic heterocycles. The highest BCUT2D eigenvalue weighted by Crippen LogP contribution is 2.55. The SMILES string of the molecule is COc1ccc(N[C@@H](/C=C/c2ccc(C)cc2)P(=O)(OC(C)C)OC(C)C)cc1. The van der Waals surface area contributed by atoms with Gasteiger partial charge >= 0.3 is 7.60 Å². The Hall–Kier alpha value is -2.07. The minimum atomic E-state index is -3.50. The van der Waals surface area contributed by atoms with Crippen LogP contribution in [-0.4, -0.2) is 25.1 Å². The molecule has 0 bridgehead atoms. The predicted molar refractivity (Wildman–Crippen MR) is 121 cm³/mol. The van der Waals surface area contributed by atoms with E-state index in [0.717, 1.165) is 17.0 Å². The molecule has 0 saturated carbocycles. The Morgan fingerprint density at radius 3 is 1.93 bits per heavy atom. The molecule has 2 rings (SSSR count). The van der Waals surface area contributed by atoms with E-state index in [0.29, 0.717) is 0 Å². The summed E-state index contributed by atoms with van der Waals surface area (Å²) >= 11 is 0. The second kappa shape index (κ2) is 10.6. The molecular formula is C23H32NO4P. The predicted octanol–water partition coefficient (Wildman–Crippen LogP) is 6.50. The Morgan fingerprint density at radius 2 is 1.45 bits per heavy atom. The van der Waals surface area contributed by atoms with Gasteiger partial charge in [0.15, 0.2) is 0 Å². The molecule has 0 fully saturated rings. The maximum absolute atomic E-state index is 13.8. The first kappa shape index (κ1) is 23.2. The molecule has 0 aliphatic carbocycles. The number of methoxy groups -OCH3 is 1. The summed E-state index contributed by atoms with van der Waals surface area (Å²) in [6, 6.07) is 15.6. The van der Waals surface area contributed by atoms with Crippen LogP contribution in [0.1, 0.15) is 38.8 Å². The fourth-order valence-electron chi connectivity index (χ4n) is 2.71. The summed E-state index contributed by atoms with van der Waals surface area (Å²) in [7, 11) is -1.88. The molecule has 2 aromatic carbocycles. The zero-order valence-corrected chi connectivity index (χ0v) is 19.0. The van der Waals surface area contributed by atoms with Crippen molar-refractivity contribution in [1.29, 1.82) is 0 Å². The monoisotopic (exact) mass is 417 g/mol. The number of benzene rings is 2. The maximum Gasteiger partial charge on any atom is 0.357 e. The van der Waals surface area contributed by atoms with Crippen LogP contribution in [0.25, 0.3) is 6.08 Å². The zero-order valence-electron chi connectivity index (χ0n) is 18.1. The standard InChI is InChI=1S/C23H32NO4P/c1-17(2)27-29(25,28-18(3)4)23(16-11-20-9-7-19(5)8-10-20)24-21-12-14-22(26-6)15-13-21/h7-18,23-24H,1-6H3/b16-11+/t23-/m1/s1. The molecule has 0 heterocycles. The highest BCUT2D eigenvalue weighted by Gasteiger charge is 2.36. The molecule has 0 aliphatic rings. The molecule has 5 nitrogen and oxygen atoms in total. The summed E-state index contributed by atoms with van der Waals surface area (Å²) in [5, 5.41) is 3.31. The summed E-state index contributed by atoms with van der Waals surface area (Å²) in [5.41, 5.74) is 2.99. The van der Waals surface area contributed by atoms with E-state index in [1.54, 1.807) is 7.11 Å². The minimum absolute atomic E-state index is 0.243. The van der Waals surface area contributed by atoms with E-state index in [4.69, 9.17) is 13.8 Å². The number of nitrogens with one attached hydrogen (secondary N) is 1. The van der Waals surface area contributed by atoms with Gasteiger partial charge in [0.05, 0.1) is 19.3 Å². The van der Waals surface area contributed by atoms with Gasteiger partial charge in [-0.15, -0.1) is 0 Å². The Kier molecular flexibility index (Phi) is 8.51. The molecule has 0 unspecified atom stereocenters. The van der Waals surface area contributed by atoms with Gasteiger partial charge in [-0.1, -0.05) is 35.9 Å². The molecule has 0 aliphatic heterocycles. The number of ether oxygens (including phenoxy) is 1. The van der Waals surface area contributed by atoms with E-state index in [9.17, 15) is 4.57 Å². The second-order valence-corrected chi connectivity index (χ2v) is 9.49. The van der Waals surface area contributed by atoms with Crippen LogP contribution in [0.2, 0.25) is 0 Å². The minimum Gasteiger partial charge on any atom is -0.497 e. The molecule has 6 heteroatoms. The van der Waals surface area contributed by atoms with Crippen molar-refractivity contribution in [2.45, 2.75) is 52.6 Å². The van der Waals surface area contributed by atoms with Gasteiger partial charge in [-0.05, 0) is 70.5 Å². The summed E-state index contributed by atoms with van der Waals surface area (Å²) < 4.78 is 30.6. The lowest BCUT2D eigenvalue weighted by molar-refractivity contribution is 0.140. The van der Waals surface area contributed by atoms with Crippen molar-refractivity contribution in [3.63, 3.8) is 0 Å². The number of hydrogen-bond acceptors (Lipinski definition) is 5. The number of aryl methyl sites for hydroxylation is 1. The van der Waals surface area contributed by atoms with Gasteiger partial charge in [0.25, 0.3) is 0 Å². The summed E-state index contributed by atoms with van der Waals surface area (Å²) in [6.07, 6.45) is 3.29. The van der Waals surface area contributed by atoms with Gasteiger partial charge < -0.3 is 19.1 Å². The fraction of sp³-hybridized carbons (Fsp3) is 0.391. The Morgan fingerprint density at radius 1 is 0.897 bits per heavy atom. The van der Waals surface area contributed by atoms with Crippen LogP contribution in [0.4, 0.5) is 5.69 Å². The second-order valence-electron chi connectivity index (χ2n) is 7.44. The van der Waals surface area contributed by atoms with E-state index >= 15 is 0 Å². The Labute approximate surface area is 174 Å². The van der Waals surface area contributed by atoms with Gasteiger partial charge in [-0.3, -0.25) is 4.57 Å². The van der Waals surface area contributed by atoms with Crippen LogP contribution in [0.5, 0.6) is 5.75 Å². The van der Waals surface area contributed by atoms with Crippen molar-refractivity contribution in [2.75, 3.05) is 12.4 Å². The van der Waals surface area contributed by atoms with Crippen LogP contribution in [0, 0.1) is 6.92 Å². The van der Waals surface area contributed by atoms with Crippen molar-refractivity contribution in [3.8, 4) is 5.75 Å². The van der Waals surface area contributed by atoms with Crippen molar-refractivity contribution in [2.24, 2.45) is 0 Å². The van der Waals surface area contributed by atoms with Crippen LogP contribution in [-0.2, 0) is 13.6 Å². The topological polar surface area (TPSA) is 56.8 Å². The van der Waals surface area contributed by atoms with E-state index in [1.807, 2.05) is 95.3 Å². The third kappa shape index (κ3) is 7.36. The third-order valence-corrected chi connectivity index (χ3v) is 6.42. The highest BCUT2D eigenvalue weighted by molar-refractivity contribution is 7.55. The molecule has 0 radical (unpaired) electrons. The normalized spacial score (nSPS) is 13.2. The molecule has 1 atom stereocenters. The van der Waals surface area contributed by atoms with Gasteiger partial charge in [0.1, 0.15) is 11.5 Å². The van der Waals surface area contributed by atoms with Gasteiger partial charge in [0.2, 0.25) is 0 Å². The molecular weight excluding hydrogens is 385 g/mol. The smallest absolute Gasteiger partial charge is 0.357 e. The first-order valence-corrected chi connectivity index (χ1v) is 11.4. The van der Waals surface area contributed by atoms with Crippen molar-refractivity contribution < 1.29 is 18.3 Å². The molecule has 0 spiro atoms. The number of rotatable bonds is 10. The van der Waals surface area contributed by atoms with Crippen LogP contribution < -0.4 is 10.1 Å². The molecule has 158 valence electrons. The fourth-order valence-corrected chi connectivity index (χ4v) is 4.81. The number of anilines is 1. The molecule has 1 N–H and O–H groups in total. The third-order valence-electron chi connectivity index (χ3n) is 4.01. The van der Waals surface area contributed by atoms with Crippen LogP contribution in [0.3, 0.4) is 0 Å². The number of hydrogen-bond donors (Lipinski definition) is 1. The molecule has 0 saturated heterocycles. The molecule has 2 aromatic rings. The van der Waals surface area contributed by atoms with Crippen molar-refractivity contribution in [1.82, 2.24) is 0 Å². The molecule has 29 heavy (non-hydrogen) atoms. The van der Waals surface area contributed by atoms with Crippen molar-refractivity contribution >= 4 is 19.4 Å². The Balaban J connectivity index is 2.37. The van der Waals surface area contributed by atoms with E-state index in [1.165, 1.54) is 5.56 Å². The highest BCUT2D eigenvalue weighted by atomic mass is 31.2. The van der Waals surface area contributed by atoms with E-state index in [2.05, 4.69) is 5.32 Å². The Bertz CT molecular complexity index is 815. The van der Waals surface area contributed by atoms with Gasteiger partial charge in [-0.2, -0.15) is 0 Å². The van der Waals surface area contributed by atoms with Crippen LogP contribution in [0.15, 0.2) is 54.6 Å². The lowest BCUT2D eigenvalue weighted by Gasteiger charge is -2.29. The average molecular weight is 417 g/mol. The van der Waals surface area contributed by atoms with Gasteiger partial charge in [-0.25, -0.2) is 0 Å². The van der Waals surface area contributed by atoms with Gasteiger partial charge in [0, 0.05) is 5.69 Å². The zero-order chi connectivity index (χ0) is 21.4. The van der Waals surface area contributed by atoms with Crippen LogP contribution >= 0.6 is 7.60 Å². The quantitative estimate of drug-likeness (QED) is 0.447. The first-order chi connectivity index (χ1) is 13.7. The first-order valence-electron chi connectivity index (χ1n) is 9.84. The lowest BCUT2D eigenvalue weighted by atomic mass is 10.1. The summed E-state index contributed by atoms with van der Waals surface area (Å²) in [4.78, 5) is 0. The van der Waals surface area contributed by atoms with E-state index in [-0.39, 0.29) is 12.2 Å². The maximum atomic E-state index is 13.8.